The van der Waals surface area contributed by atoms with Crippen molar-refractivity contribution < 1.29 is 4.79 Å². The van der Waals surface area contributed by atoms with Crippen LogP contribution in [0.15, 0.2) is 35.3 Å². The summed E-state index contributed by atoms with van der Waals surface area (Å²) in [7, 11) is 0. The Hall–Kier alpha value is -2.76. The molecular formula is C16H17N5O. The van der Waals surface area contributed by atoms with Gasteiger partial charge in [-0.3, -0.25) is 10.1 Å². The lowest BCUT2D eigenvalue weighted by Gasteiger charge is -2.19. The molecule has 1 amide bonds. The fourth-order valence-electron chi connectivity index (χ4n) is 2.34. The number of guanidine groups is 1. The van der Waals surface area contributed by atoms with E-state index in [9.17, 15) is 4.79 Å². The van der Waals surface area contributed by atoms with Crippen molar-refractivity contribution in [3.05, 3.63) is 47.3 Å². The third kappa shape index (κ3) is 2.81. The zero-order chi connectivity index (χ0) is 15.7. The number of nitrogens with zero attached hydrogens (tertiary/aromatic N) is 4. The average molecular weight is 295 g/mol. The first-order valence-corrected chi connectivity index (χ1v) is 7.06. The molecule has 112 valence electrons. The van der Waals surface area contributed by atoms with Gasteiger partial charge in [0.25, 0.3) is 5.91 Å². The molecule has 0 unspecified atom stereocenters. The van der Waals surface area contributed by atoms with Gasteiger partial charge < -0.3 is 0 Å². The average Bonchev–Trinajstić information content (AvgIpc) is 2.80. The van der Waals surface area contributed by atoms with Crippen molar-refractivity contribution in [3.63, 3.8) is 0 Å². The molecule has 1 aliphatic heterocycles. The number of hydrogen-bond donors (Lipinski definition) is 1. The highest BCUT2D eigenvalue weighted by Gasteiger charge is 2.27. The van der Waals surface area contributed by atoms with Gasteiger partial charge in [-0.1, -0.05) is 17.7 Å². The van der Waals surface area contributed by atoms with E-state index in [4.69, 9.17) is 0 Å². The van der Waals surface area contributed by atoms with Gasteiger partial charge in [0.2, 0.25) is 11.9 Å². The summed E-state index contributed by atoms with van der Waals surface area (Å²) < 4.78 is 0. The lowest BCUT2D eigenvalue weighted by molar-refractivity contribution is -0.115. The smallest absolute Gasteiger partial charge is 0.255 e. The molecule has 0 radical (unpaired) electrons. The standard InChI is InChI=1S/C16H17N5O/c1-10-4-6-13(7-5-10)21-14(22)9-17-16(21)20-15-18-11(2)8-12(3)19-15/h4-8H,9H2,1-3H3,(H,17,18,19,20). The van der Waals surface area contributed by atoms with Crippen LogP contribution in [-0.4, -0.2) is 28.4 Å². The van der Waals surface area contributed by atoms with Crippen LogP contribution in [0.2, 0.25) is 0 Å². The molecule has 0 spiro atoms. The number of benzene rings is 1. The summed E-state index contributed by atoms with van der Waals surface area (Å²) in [4.78, 5) is 26.6. The maximum Gasteiger partial charge on any atom is 0.255 e. The van der Waals surface area contributed by atoms with Gasteiger partial charge in [0.15, 0.2) is 0 Å². The first-order chi connectivity index (χ1) is 10.5. The Morgan fingerprint density at radius 3 is 2.32 bits per heavy atom. The highest BCUT2D eigenvalue weighted by atomic mass is 16.2. The van der Waals surface area contributed by atoms with E-state index in [0.29, 0.717) is 11.9 Å². The molecule has 3 rings (SSSR count). The van der Waals surface area contributed by atoms with Gasteiger partial charge in [-0.25, -0.2) is 19.9 Å². The van der Waals surface area contributed by atoms with Gasteiger partial charge in [0, 0.05) is 11.4 Å². The number of aromatic nitrogens is 2. The van der Waals surface area contributed by atoms with Crippen LogP contribution in [0.25, 0.3) is 0 Å². The second-order valence-electron chi connectivity index (χ2n) is 5.30. The zero-order valence-electron chi connectivity index (χ0n) is 12.8. The van der Waals surface area contributed by atoms with Crippen LogP contribution in [0.3, 0.4) is 0 Å². The van der Waals surface area contributed by atoms with E-state index in [1.54, 1.807) is 4.90 Å². The van der Waals surface area contributed by atoms with E-state index in [1.807, 2.05) is 51.1 Å². The second-order valence-corrected chi connectivity index (χ2v) is 5.30. The van der Waals surface area contributed by atoms with E-state index in [0.717, 1.165) is 22.6 Å². The molecule has 1 aromatic heterocycles. The largest absolute Gasteiger partial charge is 0.294 e. The van der Waals surface area contributed by atoms with E-state index in [-0.39, 0.29) is 12.5 Å². The Morgan fingerprint density at radius 1 is 1.05 bits per heavy atom. The first-order valence-electron chi connectivity index (χ1n) is 7.06. The Kier molecular flexibility index (Phi) is 3.58. The Balaban J connectivity index is 1.89. The van der Waals surface area contributed by atoms with Gasteiger partial charge in [-0.2, -0.15) is 0 Å². The van der Waals surface area contributed by atoms with E-state index in [2.05, 4.69) is 20.3 Å². The number of anilines is 2. The highest BCUT2D eigenvalue weighted by Crippen LogP contribution is 2.20. The molecule has 0 bridgehead atoms. The topological polar surface area (TPSA) is 70.5 Å². The van der Waals surface area contributed by atoms with Crippen molar-refractivity contribution in [1.82, 2.24) is 9.97 Å². The number of aliphatic imine (C=N–C) groups is 1. The number of carbonyl (C=O) groups excluding carboxylic acids is 1. The van der Waals surface area contributed by atoms with Crippen LogP contribution in [0.4, 0.5) is 11.6 Å². The van der Waals surface area contributed by atoms with Gasteiger partial charge in [-0.05, 0) is 39.0 Å². The van der Waals surface area contributed by atoms with E-state index < -0.39 is 0 Å². The summed E-state index contributed by atoms with van der Waals surface area (Å²) in [6.07, 6.45) is 0. The van der Waals surface area contributed by atoms with Gasteiger partial charge in [0.1, 0.15) is 6.54 Å². The van der Waals surface area contributed by atoms with Crippen molar-refractivity contribution >= 4 is 23.5 Å². The van der Waals surface area contributed by atoms with Crippen LogP contribution in [0.1, 0.15) is 17.0 Å². The number of nitrogens with one attached hydrogen (secondary N) is 1. The van der Waals surface area contributed by atoms with Crippen molar-refractivity contribution in [2.24, 2.45) is 4.99 Å². The highest BCUT2D eigenvalue weighted by molar-refractivity contribution is 6.24. The second kappa shape index (κ2) is 5.55. The molecule has 0 saturated heterocycles. The summed E-state index contributed by atoms with van der Waals surface area (Å²) in [5.41, 5.74) is 3.65. The zero-order valence-corrected chi connectivity index (χ0v) is 12.8. The summed E-state index contributed by atoms with van der Waals surface area (Å²) in [5, 5.41) is 3.05. The molecule has 0 saturated carbocycles. The quantitative estimate of drug-likeness (QED) is 0.922. The fourth-order valence-corrected chi connectivity index (χ4v) is 2.34. The molecule has 2 aromatic rings. The molecule has 1 N–H and O–H groups in total. The normalized spacial score (nSPS) is 14.2. The van der Waals surface area contributed by atoms with E-state index >= 15 is 0 Å². The molecule has 1 aliphatic rings. The van der Waals surface area contributed by atoms with Gasteiger partial charge in [-0.15, -0.1) is 0 Å². The molecule has 1 aromatic carbocycles. The van der Waals surface area contributed by atoms with Gasteiger partial charge >= 0.3 is 0 Å². The van der Waals surface area contributed by atoms with Crippen LogP contribution in [-0.2, 0) is 4.79 Å². The Bertz CT molecular complexity index is 731. The van der Waals surface area contributed by atoms with Crippen LogP contribution in [0.5, 0.6) is 0 Å². The molecule has 6 heteroatoms. The molecule has 22 heavy (non-hydrogen) atoms. The number of carbonyl (C=O) groups is 1. The minimum absolute atomic E-state index is 0.0734. The Labute approximate surface area is 128 Å². The number of hydrogen-bond acceptors (Lipinski definition) is 5. The number of aryl methyl sites for hydroxylation is 3. The maximum absolute atomic E-state index is 12.1. The molecular weight excluding hydrogens is 278 g/mol. The van der Waals surface area contributed by atoms with Crippen molar-refractivity contribution in [3.8, 4) is 0 Å². The minimum atomic E-state index is -0.0734. The SMILES string of the molecule is Cc1ccc(N2C(=O)CN=C2Nc2nc(C)cc(C)n2)cc1. The molecule has 0 atom stereocenters. The van der Waals surface area contributed by atoms with Crippen molar-refractivity contribution in [2.75, 3.05) is 16.8 Å². The first kappa shape index (κ1) is 14.2. The lowest BCUT2D eigenvalue weighted by atomic mass is 10.2. The summed E-state index contributed by atoms with van der Waals surface area (Å²) in [6.45, 7) is 5.94. The van der Waals surface area contributed by atoms with E-state index in [1.165, 1.54) is 0 Å². The predicted molar refractivity (Wildman–Crippen MR) is 86.1 cm³/mol. The molecule has 2 heterocycles. The maximum atomic E-state index is 12.1. The number of rotatable bonds is 2. The molecule has 0 fully saturated rings. The van der Waals surface area contributed by atoms with Gasteiger partial charge in [0.05, 0.1) is 5.69 Å². The summed E-state index contributed by atoms with van der Waals surface area (Å²) in [5.74, 6) is 0.831. The monoisotopic (exact) mass is 295 g/mol. The van der Waals surface area contributed by atoms with Crippen LogP contribution < -0.4 is 10.2 Å². The Morgan fingerprint density at radius 2 is 1.68 bits per heavy atom. The fraction of sp³-hybridized carbons (Fsp3) is 0.250. The molecule has 6 nitrogen and oxygen atoms in total. The number of amides is 1. The third-order valence-corrected chi connectivity index (χ3v) is 3.32. The predicted octanol–water partition coefficient (Wildman–Crippen LogP) is 2.22. The summed E-state index contributed by atoms with van der Waals surface area (Å²) in [6, 6.07) is 9.62. The molecule has 0 aliphatic carbocycles. The van der Waals surface area contributed by atoms with Crippen LogP contribution >= 0.6 is 0 Å². The van der Waals surface area contributed by atoms with Crippen molar-refractivity contribution in [2.45, 2.75) is 20.8 Å². The summed E-state index contributed by atoms with van der Waals surface area (Å²) >= 11 is 0. The van der Waals surface area contributed by atoms with Crippen LogP contribution in [0, 0.1) is 20.8 Å². The lowest BCUT2D eigenvalue weighted by Crippen LogP contribution is -2.37. The minimum Gasteiger partial charge on any atom is -0.294 e. The third-order valence-electron chi connectivity index (χ3n) is 3.32. The van der Waals surface area contributed by atoms with Crippen molar-refractivity contribution in [1.29, 1.82) is 0 Å².